The number of aryl methyl sites for hydroxylation is 1. The van der Waals surface area contributed by atoms with E-state index in [1.807, 2.05) is 26.0 Å². The van der Waals surface area contributed by atoms with Crippen molar-refractivity contribution in [2.45, 2.75) is 39.2 Å². The average Bonchev–Trinajstić information content (AvgIpc) is 2.54. The van der Waals surface area contributed by atoms with Crippen molar-refractivity contribution in [3.63, 3.8) is 0 Å². The van der Waals surface area contributed by atoms with Crippen molar-refractivity contribution in [2.75, 3.05) is 0 Å². The van der Waals surface area contributed by atoms with Crippen molar-refractivity contribution < 1.29 is 14.7 Å². The van der Waals surface area contributed by atoms with Crippen LogP contribution in [0.2, 0.25) is 0 Å². The molecule has 0 spiro atoms. The van der Waals surface area contributed by atoms with Gasteiger partial charge in [0.15, 0.2) is 0 Å². The molecular weight excluding hydrogens is 302 g/mol. The molecule has 0 heterocycles. The van der Waals surface area contributed by atoms with Crippen LogP contribution in [0.15, 0.2) is 48.5 Å². The number of hydrogen-bond donors (Lipinski definition) is 2. The second-order valence-corrected chi connectivity index (χ2v) is 6.36. The van der Waals surface area contributed by atoms with Gasteiger partial charge in [-0.3, -0.25) is 4.79 Å². The first-order valence-electron chi connectivity index (χ1n) is 8.05. The molecule has 0 saturated carbocycles. The Morgan fingerprint density at radius 3 is 2.25 bits per heavy atom. The zero-order chi connectivity index (χ0) is 17.7. The Kier molecular flexibility index (Phi) is 5.39. The molecule has 0 atom stereocenters. The highest BCUT2D eigenvalue weighted by atomic mass is 16.4. The summed E-state index contributed by atoms with van der Waals surface area (Å²) in [5, 5.41) is 12.2. The van der Waals surface area contributed by atoms with E-state index in [0.29, 0.717) is 5.56 Å². The summed E-state index contributed by atoms with van der Waals surface area (Å²) in [6, 6.07) is 14.7. The molecule has 126 valence electrons. The van der Waals surface area contributed by atoms with Crippen LogP contribution in [0.4, 0.5) is 0 Å². The van der Waals surface area contributed by atoms with Gasteiger partial charge in [-0.15, -0.1) is 0 Å². The van der Waals surface area contributed by atoms with Gasteiger partial charge >= 0.3 is 5.97 Å². The highest BCUT2D eigenvalue weighted by Crippen LogP contribution is 2.21. The molecule has 0 radical (unpaired) electrons. The first-order chi connectivity index (χ1) is 11.3. The Bertz CT molecular complexity index is 733. The van der Waals surface area contributed by atoms with E-state index in [4.69, 9.17) is 0 Å². The van der Waals surface area contributed by atoms with Gasteiger partial charge in [-0.2, -0.15) is 0 Å². The Hall–Kier alpha value is -2.62. The first-order valence-corrected chi connectivity index (χ1v) is 8.05. The van der Waals surface area contributed by atoms with Gasteiger partial charge in [-0.25, -0.2) is 4.79 Å². The number of rotatable bonds is 6. The number of carbonyl (C=O) groups is 2. The van der Waals surface area contributed by atoms with Gasteiger partial charge in [0, 0.05) is 0 Å². The smallest absolute Gasteiger partial charge is 0.335 e. The summed E-state index contributed by atoms with van der Waals surface area (Å²) in [6.45, 7) is 5.98. The highest BCUT2D eigenvalue weighted by Gasteiger charge is 2.23. The van der Waals surface area contributed by atoms with Crippen LogP contribution in [-0.2, 0) is 23.2 Å². The summed E-state index contributed by atoms with van der Waals surface area (Å²) >= 11 is 0. The molecule has 2 rings (SSSR count). The second-order valence-electron chi connectivity index (χ2n) is 6.36. The molecule has 4 nitrogen and oxygen atoms in total. The van der Waals surface area contributed by atoms with E-state index in [9.17, 15) is 14.7 Å². The summed E-state index contributed by atoms with van der Waals surface area (Å²) in [4.78, 5) is 23.6. The molecule has 0 aliphatic carbocycles. The maximum absolute atomic E-state index is 12.4. The quantitative estimate of drug-likeness (QED) is 0.853. The third kappa shape index (κ3) is 4.22. The minimum atomic E-state index is -1.02. The summed E-state index contributed by atoms with van der Waals surface area (Å²) < 4.78 is 0. The lowest BCUT2D eigenvalue weighted by molar-refractivity contribution is -0.122. The zero-order valence-corrected chi connectivity index (χ0v) is 14.3. The van der Waals surface area contributed by atoms with Gasteiger partial charge < -0.3 is 10.4 Å². The Labute approximate surface area is 142 Å². The maximum atomic E-state index is 12.4. The van der Waals surface area contributed by atoms with Crippen LogP contribution in [0.3, 0.4) is 0 Å². The van der Waals surface area contributed by atoms with Crippen molar-refractivity contribution in [2.24, 2.45) is 0 Å². The summed E-state index contributed by atoms with van der Waals surface area (Å²) in [6.07, 6.45) is 1.01. The number of carboxylic acids is 1. The number of carbonyl (C=O) groups excluding carboxylic acids is 1. The van der Waals surface area contributed by atoms with Crippen LogP contribution in [0, 0.1) is 0 Å². The normalized spacial score (nSPS) is 11.1. The molecule has 2 aromatic rings. The molecule has 0 fully saturated rings. The first kappa shape index (κ1) is 17.7. The van der Waals surface area contributed by atoms with Crippen molar-refractivity contribution in [1.82, 2.24) is 5.32 Å². The highest BCUT2D eigenvalue weighted by molar-refractivity contribution is 5.91. The van der Waals surface area contributed by atoms with Crippen LogP contribution < -0.4 is 5.32 Å². The standard InChI is InChI=1S/C20H23NO3/c1-4-14-9-11-16(12-10-14)20(2,3)21-18(22)13-15-7-5-6-8-17(15)19(23)24/h5-12H,4,13H2,1-3H3,(H,21,22)(H,23,24). The van der Waals surface area contributed by atoms with Crippen molar-refractivity contribution in [3.8, 4) is 0 Å². The van der Waals surface area contributed by atoms with Gasteiger partial charge in [0.2, 0.25) is 5.91 Å². The van der Waals surface area contributed by atoms with E-state index >= 15 is 0 Å². The van der Waals surface area contributed by atoms with Crippen LogP contribution in [0.25, 0.3) is 0 Å². The molecular formula is C20H23NO3. The Morgan fingerprint density at radius 1 is 1.04 bits per heavy atom. The zero-order valence-electron chi connectivity index (χ0n) is 14.3. The topological polar surface area (TPSA) is 66.4 Å². The van der Waals surface area contributed by atoms with E-state index in [1.54, 1.807) is 18.2 Å². The van der Waals surface area contributed by atoms with E-state index in [2.05, 4.69) is 24.4 Å². The van der Waals surface area contributed by atoms with Gasteiger partial charge in [-0.1, -0.05) is 49.4 Å². The number of nitrogens with one attached hydrogen (secondary N) is 1. The average molecular weight is 325 g/mol. The van der Waals surface area contributed by atoms with Crippen molar-refractivity contribution >= 4 is 11.9 Å². The minimum absolute atomic E-state index is 0.0406. The lowest BCUT2D eigenvalue weighted by Crippen LogP contribution is -2.41. The third-order valence-corrected chi connectivity index (χ3v) is 4.13. The SMILES string of the molecule is CCc1ccc(C(C)(C)NC(=O)Cc2ccccc2C(=O)O)cc1. The molecule has 0 bridgehead atoms. The van der Waals surface area contributed by atoms with Crippen LogP contribution >= 0.6 is 0 Å². The lowest BCUT2D eigenvalue weighted by Gasteiger charge is -2.27. The number of hydrogen-bond acceptors (Lipinski definition) is 2. The number of carboxylic acid groups (broad SMARTS) is 1. The molecule has 0 aliphatic rings. The predicted octanol–water partition coefficient (Wildman–Crippen LogP) is 3.54. The van der Waals surface area contributed by atoms with E-state index < -0.39 is 11.5 Å². The van der Waals surface area contributed by atoms with Crippen molar-refractivity contribution in [3.05, 3.63) is 70.8 Å². The predicted molar refractivity (Wildman–Crippen MR) is 94.1 cm³/mol. The number of benzene rings is 2. The third-order valence-electron chi connectivity index (χ3n) is 4.13. The molecule has 2 N–H and O–H groups in total. The molecule has 0 saturated heterocycles. The summed E-state index contributed by atoms with van der Waals surface area (Å²) in [5.41, 5.74) is 2.41. The maximum Gasteiger partial charge on any atom is 0.335 e. The number of amides is 1. The molecule has 1 amide bonds. The second kappa shape index (κ2) is 7.30. The molecule has 2 aromatic carbocycles. The van der Waals surface area contributed by atoms with Gasteiger partial charge in [0.25, 0.3) is 0 Å². The largest absolute Gasteiger partial charge is 0.478 e. The Balaban J connectivity index is 2.12. The van der Waals surface area contributed by atoms with Crippen LogP contribution in [-0.4, -0.2) is 17.0 Å². The van der Waals surface area contributed by atoms with Gasteiger partial charge in [0.05, 0.1) is 17.5 Å². The molecule has 0 unspecified atom stereocenters. The summed E-state index contributed by atoms with van der Waals surface area (Å²) in [7, 11) is 0. The molecule has 0 aromatic heterocycles. The molecule has 4 heteroatoms. The lowest BCUT2D eigenvalue weighted by atomic mass is 9.92. The Morgan fingerprint density at radius 2 is 1.67 bits per heavy atom. The van der Waals surface area contributed by atoms with E-state index in [1.165, 1.54) is 11.6 Å². The fraction of sp³-hybridized carbons (Fsp3) is 0.300. The fourth-order valence-corrected chi connectivity index (χ4v) is 2.68. The summed E-state index contributed by atoms with van der Waals surface area (Å²) in [5.74, 6) is -1.22. The van der Waals surface area contributed by atoms with Gasteiger partial charge in [-0.05, 0) is 43.0 Å². The minimum Gasteiger partial charge on any atom is -0.478 e. The van der Waals surface area contributed by atoms with E-state index in [-0.39, 0.29) is 17.9 Å². The number of aromatic carboxylic acids is 1. The van der Waals surface area contributed by atoms with Gasteiger partial charge in [0.1, 0.15) is 0 Å². The van der Waals surface area contributed by atoms with Crippen molar-refractivity contribution in [1.29, 1.82) is 0 Å². The molecule has 24 heavy (non-hydrogen) atoms. The van der Waals surface area contributed by atoms with Crippen LogP contribution in [0.5, 0.6) is 0 Å². The monoisotopic (exact) mass is 325 g/mol. The van der Waals surface area contributed by atoms with E-state index in [0.717, 1.165) is 12.0 Å². The molecule has 0 aliphatic heterocycles. The fourth-order valence-electron chi connectivity index (χ4n) is 2.68. The van der Waals surface area contributed by atoms with Crippen LogP contribution in [0.1, 0.15) is 47.8 Å².